The number of rotatable bonds is 8. The van der Waals surface area contributed by atoms with Crippen molar-refractivity contribution in [2.75, 3.05) is 20.7 Å². The van der Waals surface area contributed by atoms with Crippen LogP contribution in [0.4, 0.5) is 4.79 Å². The molecule has 1 saturated heterocycles. The Hall–Kier alpha value is -3.48. The number of hydrogen-bond donors (Lipinski definition) is 3. The molecule has 2 aromatic rings. The molecule has 2 unspecified atom stereocenters. The van der Waals surface area contributed by atoms with E-state index in [0.29, 0.717) is 16.3 Å². The van der Waals surface area contributed by atoms with Crippen molar-refractivity contribution in [2.45, 2.75) is 30.3 Å². The summed E-state index contributed by atoms with van der Waals surface area (Å²) in [4.78, 5) is 39.8. The Balaban J connectivity index is 1.67. The first-order valence-electron chi connectivity index (χ1n) is 10.3. The summed E-state index contributed by atoms with van der Waals surface area (Å²) in [5.74, 6) is -0.682. The normalized spacial score (nSPS) is 19.2. The van der Waals surface area contributed by atoms with E-state index < -0.39 is 33.4 Å². The van der Waals surface area contributed by atoms with Gasteiger partial charge in [0.05, 0.1) is 18.6 Å². The minimum atomic E-state index is -3.80. The number of likely N-dealkylation sites (N-methyl/N-ethyl adjacent to an activating group) is 1. The van der Waals surface area contributed by atoms with Gasteiger partial charge in [-0.2, -0.15) is 5.01 Å². The number of nitrogens with two attached hydrogens (primary N) is 1. The molecule has 1 heterocycles. The van der Waals surface area contributed by atoms with Gasteiger partial charge in [-0.1, -0.05) is 24.3 Å². The van der Waals surface area contributed by atoms with E-state index in [0.717, 1.165) is 5.56 Å². The first-order chi connectivity index (χ1) is 15.9. The average Bonchev–Trinajstić information content (AvgIpc) is 3.01. The van der Waals surface area contributed by atoms with Crippen LogP contribution in [0.2, 0.25) is 0 Å². The number of imide groups is 1. The first-order valence-corrected chi connectivity index (χ1v) is 11.8. The second-order valence-corrected chi connectivity index (χ2v) is 9.73. The zero-order chi connectivity index (χ0) is 25.3. The average molecular weight is 490 g/mol. The molecular weight excluding hydrogens is 462 g/mol. The fourth-order valence-corrected chi connectivity index (χ4v) is 4.10. The Morgan fingerprint density at radius 1 is 1.24 bits per heavy atom. The lowest BCUT2D eigenvalue weighted by Gasteiger charge is -2.26. The SMILES string of the molecule is COc1cccc(C2(C)NC(=O)N(NC(=O)CN(C)C(C)c3ccc(S(N)(=O)=O)cc3)C2=O)c1. The standard InChI is InChI=1S/C22H27N5O6S/c1-14(15-8-10-18(11-9-15)34(23,31)32)26(3)13-19(28)25-27-20(29)22(2,24-21(27)30)16-6-5-7-17(12-16)33-4/h5-12,14H,13H2,1-4H3,(H,24,30)(H,25,28)(H2,23,31,32). The Kier molecular flexibility index (Phi) is 6.96. The third-order valence-corrected chi connectivity index (χ3v) is 6.75. The van der Waals surface area contributed by atoms with Crippen molar-refractivity contribution in [2.24, 2.45) is 5.14 Å². The molecule has 1 fully saturated rings. The predicted molar refractivity (Wildman–Crippen MR) is 123 cm³/mol. The van der Waals surface area contributed by atoms with Crippen LogP contribution >= 0.6 is 0 Å². The summed E-state index contributed by atoms with van der Waals surface area (Å²) in [5.41, 5.74) is 2.25. The Labute approximate surface area is 197 Å². The highest BCUT2D eigenvalue weighted by molar-refractivity contribution is 7.89. The number of sulfonamides is 1. The molecule has 3 rings (SSSR count). The molecule has 0 spiro atoms. The molecule has 4 N–H and O–H groups in total. The Morgan fingerprint density at radius 2 is 1.88 bits per heavy atom. The predicted octanol–water partition coefficient (Wildman–Crippen LogP) is 0.834. The lowest BCUT2D eigenvalue weighted by Crippen LogP contribution is -2.50. The number of hydrazine groups is 1. The van der Waals surface area contributed by atoms with Gasteiger partial charge in [0.25, 0.3) is 11.8 Å². The van der Waals surface area contributed by atoms with Gasteiger partial charge < -0.3 is 10.1 Å². The number of primary sulfonamides is 1. The molecule has 2 atom stereocenters. The van der Waals surface area contributed by atoms with Crippen LogP contribution in [-0.4, -0.2) is 56.9 Å². The van der Waals surface area contributed by atoms with Gasteiger partial charge in [0.15, 0.2) is 0 Å². The van der Waals surface area contributed by atoms with Gasteiger partial charge in [0.1, 0.15) is 11.3 Å². The summed E-state index contributed by atoms with van der Waals surface area (Å²) in [6, 6.07) is 11.7. The zero-order valence-corrected chi connectivity index (χ0v) is 20.0. The van der Waals surface area contributed by atoms with Gasteiger partial charge in [0.2, 0.25) is 10.0 Å². The van der Waals surface area contributed by atoms with Crippen molar-refractivity contribution in [3.63, 3.8) is 0 Å². The van der Waals surface area contributed by atoms with E-state index in [1.54, 1.807) is 55.3 Å². The zero-order valence-electron chi connectivity index (χ0n) is 19.2. The highest BCUT2D eigenvalue weighted by Crippen LogP contribution is 2.30. The molecule has 2 aromatic carbocycles. The molecule has 4 amide bonds. The molecule has 11 nitrogen and oxygen atoms in total. The van der Waals surface area contributed by atoms with Gasteiger partial charge in [-0.05, 0) is 56.3 Å². The van der Waals surface area contributed by atoms with Gasteiger partial charge in [-0.15, -0.1) is 0 Å². The lowest BCUT2D eigenvalue weighted by molar-refractivity contribution is -0.139. The third-order valence-electron chi connectivity index (χ3n) is 5.82. The quantitative estimate of drug-likeness (QED) is 0.465. The second kappa shape index (κ2) is 9.41. The van der Waals surface area contributed by atoms with Gasteiger partial charge >= 0.3 is 6.03 Å². The summed E-state index contributed by atoms with van der Waals surface area (Å²) < 4.78 is 28.0. The van der Waals surface area contributed by atoms with Crippen molar-refractivity contribution in [1.29, 1.82) is 0 Å². The van der Waals surface area contributed by atoms with Crippen LogP contribution in [0.5, 0.6) is 5.75 Å². The van der Waals surface area contributed by atoms with E-state index in [4.69, 9.17) is 9.88 Å². The smallest absolute Gasteiger partial charge is 0.344 e. The number of nitrogens with zero attached hydrogens (tertiary/aromatic N) is 2. The van der Waals surface area contributed by atoms with E-state index in [-0.39, 0.29) is 17.5 Å². The summed E-state index contributed by atoms with van der Waals surface area (Å²) in [7, 11) is -0.623. The molecule has 0 radical (unpaired) electrons. The molecule has 182 valence electrons. The second-order valence-electron chi connectivity index (χ2n) is 8.17. The van der Waals surface area contributed by atoms with Gasteiger partial charge in [-0.3, -0.25) is 19.9 Å². The number of amides is 4. The topological polar surface area (TPSA) is 151 Å². The van der Waals surface area contributed by atoms with Crippen molar-refractivity contribution in [1.82, 2.24) is 20.7 Å². The minimum Gasteiger partial charge on any atom is -0.497 e. The minimum absolute atomic E-state index is 0.0125. The molecule has 0 aromatic heterocycles. The number of carbonyl (C=O) groups is 3. The highest BCUT2D eigenvalue weighted by atomic mass is 32.2. The molecule has 34 heavy (non-hydrogen) atoms. The Bertz CT molecular complexity index is 1220. The molecule has 0 saturated carbocycles. The number of ether oxygens (including phenoxy) is 1. The number of hydrogen-bond acceptors (Lipinski definition) is 7. The summed E-state index contributed by atoms with van der Waals surface area (Å²) in [6.45, 7) is 3.24. The molecule has 12 heteroatoms. The number of benzene rings is 2. The monoisotopic (exact) mass is 489 g/mol. The maximum absolute atomic E-state index is 13.0. The van der Waals surface area contributed by atoms with E-state index in [9.17, 15) is 22.8 Å². The molecule has 0 bridgehead atoms. The summed E-state index contributed by atoms with van der Waals surface area (Å²) >= 11 is 0. The van der Waals surface area contributed by atoms with E-state index in [1.165, 1.54) is 19.2 Å². The summed E-state index contributed by atoms with van der Waals surface area (Å²) in [5, 5.41) is 8.40. The third kappa shape index (κ3) is 5.03. The van der Waals surface area contributed by atoms with Crippen molar-refractivity contribution in [3.8, 4) is 5.75 Å². The maximum Gasteiger partial charge on any atom is 0.344 e. The van der Waals surface area contributed by atoms with E-state index in [1.807, 2.05) is 6.92 Å². The number of urea groups is 1. The fourth-order valence-electron chi connectivity index (χ4n) is 3.58. The van der Waals surface area contributed by atoms with E-state index in [2.05, 4.69) is 10.7 Å². The van der Waals surface area contributed by atoms with E-state index >= 15 is 0 Å². The van der Waals surface area contributed by atoms with Crippen molar-refractivity contribution < 1.29 is 27.5 Å². The van der Waals surface area contributed by atoms with Crippen LogP contribution in [-0.2, 0) is 25.2 Å². The summed E-state index contributed by atoms with van der Waals surface area (Å²) in [6.07, 6.45) is 0. The fraction of sp³-hybridized carbons (Fsp3) is 0.318. The number of nitrogens with one attached hydrogen (secondary N) is 2. The first kappa shape index (κ1) is 25.1. The van der Waals surface area contributed by atoms with Gasteiger partial charge in [-0.25, -0.2) is 18.4 Å². The van der Waals surface area contributed by atoms with Gasteiger partial charge in [0, 0.05) is 6.04 Å². The lowest BCUT2D eigenvalue weighted by atomic mass is 9.92. The largest absolute Gasteiger partial charge is 0.497 e. The molecule has 1 aliphatic rings. The van der Waals surface area contributed by atoms with Crippen LogP contribution < -0.4 is 20.6 Å². The molecular formula is C22H27N5O6S. The van der Waals surface area contributed by atoms with Crippen molar-refractivity contribution >= 4 is 27.9 Å². The highest BCUT2D eigenvalue weighted by Gasteiger charge is 2.50. The van der Waals surface area contributed by atoms with Crippen LogP contribution in [0, 0.1) is 0 Å². The maximum atomic E-state index is 13.0. The number of methoxy groups -OCH3 is 1. The van der Waals surface area contributed by atoms with Crippen molar-refractivity contribution in [3.05, 3.63) is 59.7 Å². The number of carbonyl (C=O) groups excluding carboxylic acids is 3. The van der Waals surface area contributed by atoms with Crippen LogP contribution in [0.15, 0.2) is 53.4 Å². The van der Waals surface area contributed by atoms with Crippen LogP contribution in [0.1, 0.15) is 31.0 Å². The van der Waals surface area contributed by atoms with Crippen LogP contribution in [0.3, 0.4) is 0 Å². The molecule has 0 aliphatic carbocycles. The molecule has 1 aliphatic heterocycles. The van der Waals surface area contributed by atoms with Crippen LogP contribution in [0.25, 0.3) is 0 Å². The Morgan fingerprint density at radius 3 is 2.47 bits per heavy atom.